The van der Waals surface area contributed by atoms with E-state index in [4.69, 9.17) is 0 Å². The topological polar surface area (TPSA) is 62.0 Å². The first-order chi connectivity index (χ1) is 5.65. The summed E-state index contributed by atoms with van der Waals surface area (Å²) in [4.78, 5) is 23.5. The van der Waals surface area contributed by atoms with Crippen molar-refractivity contribution in [2.24, 2.45) is 0 Å². The van der Waals surface area contributed by atoms with Crippen LogP contribution in [-0.4, -0.2) is 17.9 Å². The fraction of sp³-hybridized carbons (Fsp3) is 0.143. The average molecular weight is 170 g/mol. The van der Waals surface area contributed by atoms with Gasteiger partial charge in [-0.2, -0.15) is 0 Å². The van der Waals surface area contributed by atoms with Gasteiger partial charge in [0.15, 0.2) is 5.82 Å². The van der Waals surface area contributed by atoms with Gasteiger partial charge in [-0.25, -0.2) is 4.39 Å². The van der Waals surface area contributed by atoms with Crippen molar-refractivity contribution >= 4 is 5.91 Å². The third-order valence-electron chi connectivity index (χ3n) is 1.35. The predicted octanol–water partition coefficient (Wildman–Crippen LogP) is -0.126. The molecule has 0 aliphatic rings. The van der Waals surface area contributed by atoms with Gasteiger partial charge in [0.1, 0.15) is 0 Å². The highest BCUT2D eigenvalue weighted by Crippen LogP contribution is 1.95. The molecule has 0 aromatic carbocycles. The number of carbonyl (C=O) groups is 1. The van der Waals surface area contributed by atoms with Gasteiger partial charge < -0.3 is 10.3 Å². The molecule has 5 heteroatoms. The molecule has 1 heterocycles. The molecule has 0 unspecified atom stereocenters. The van der Waals surface area contributed by atoms with Crippen LogP contribution >= 0.6 is 0 Å². The van der Waals surface area contributed by atoms with Crippen LogP contribution in [0.2, 0.25) is 0 Å². The number of hydrogen-bond donors (Lipinski definition) is 2. The van der Waals surface area contributed by atoms with E-state index in [1.165, 1.54) is 7.05 Å². The number of rotatable bonds is 1. The molecule has 0 saturated heterocycles. The fourth-order valence-electron chi connectivity index (χ4n) is 0.731. The molecule has 12 heavy (non-hydrogen) atoms. The van der Waals surface area contributed by atoms with Gasteiger partial charge in [-0.3, -0.25) is 9.59 Å². The van der Waals surface area contributed by atoms with Gasteiger partial charge in [0.2, 0.25) is 0 Å². The fourth-order valence-corrected chi connectivity index (χ4v) is 0.731. The van der Waals surface area contributed by atoms with Gasteiger partial charge in [-0.15, -0.1) is 0 Å². The number of pyridine rings is 1. The summed E-state index contributed by atoms with van der Waals surface area (Å²) in [6.45, 7) is 0. The van der Waals surface area contributed by atoms with E-state index in [1.807, 2.05) is 0 Å². The second-order valence-electron chi connectivity index (χ2n) is 2.14. The first-order valence-corrected chi connectivity index (χ1v) is 3.25. The maximum atomic E-state index is 12.6. The highest BCUT2D eigenvalue weighted by molar-refractivity contribution is 5.93. The van der Waals surface area contributed by atoms with Crippen molar-refractivity contribution in [1.29, 1.82) is 0 Å². The summed E-state index contributed by atoms with van der Waals surface area (Å²) < 4.78 is 12.6. The Morgan fingerprint density at radius 1 is 1.67 bits per heavy atom. The third-order valence-corrected chi connectivity index (χ3v) is 1.35. The molecule has 1 amide bonds. The lowest BCUT2D eigenvalue weighted by Gasteiger charge is -1.97. The number of aromatic amines is 1. The van der Waals surface area contributed by atoms with Crippen molar-refractivity contribution in [3.05, 3.63) is 34.0 Å². The molecule has 64 valence electrons. The van der Waals surface area contributed by atoms with Crippen LogP contribution in [-0.2, 0) is 0 Å². The molecule has 0 aliphatic carbocycles. The van der Waals surface area contributed by atoms with Gasteiger partial charge in [0.25, 0.3) is 11.5 Å². The lowest BCUT2D eigenvalue weighted by atomic mass is 10.2. The lowest BCUT2D eigenvalue weighted by molar-refractivity contribution is 0.0962. The SMILES string of the molecule is CNC(=O)c1c[nH]c(=O)c(F)c1. The average Bonchev–Trinajstić information content (AvgIpc) is 2.08. The van der Waals surface area contributed by atoms with Crippen LogP contribution in [0.4, 0.5) is 4.39 Å². The smallest absolute Gasteiger partial charge is 0.283 e. The Bertz CT molecular complexity index is 359. The van der Waals surface area contributed by atoms with Gasteiger partial charge in [0.05, 0.1) is 5.56 Å². The molecule has 2 N–H and O–H groups in total. The standard InChI is InChI=1S/C7H7FN2O2/c1-9-6(11)4-2-5(8)7(12)10-3-4/h2-3H,1H3,(H,9,11)(H,10,12). The van der Waals surface area contributed by atoms with Crippen LogP contribution in [0.25, 0.3) is 0 Å². The van der Waals surface area contributed by atoms with E-state index >= 15 is 0 Å². The minimum atomic E-state index is -0.962. The number of carbonyl (C=O) groups excluding carboxylic acids is 1. The Labute approximate surface area is 67.4 Å². The van der Waals surface area contributed by atoms with Gasteiger partial charge in [0, 0.05) is 13.2 Å². The molecule has 0 spiro atoms. The summed E-state index contributed by atoms with van der Waals surface area (Å²) in [7, 11) is 1.42. The number of aromatic nitrogens is 1. The Balaban J connectivity index is 3.13. The zero-order valence-corrected chi connectivity index (χ0v) is 6.35. The Morgan fingerprint density at radius 2 is 2.33 bits per heavy atom. The van der Waals surface area contributed by atoms with Crippen molar-refractivity contribution < 1.29 is 9.18 Å². The number of hydrogen-bond acceptors (Lipinski definition) is 2. The zero-order chi connectivity index (χ0) is 9.14. The van der Waals surface area contributed by atoms with E-state index in [9.17, 15) is 14.0 Å². The molecule has 1 aromatic rings. The summed E-state index contributed by atoms with van der Waals surface area (Å²) in [6, 6.07) is 0.887. The molecule has 0 saturated carbocycles. The maximum Gasteiger partial charge on any atom is 0.283 e. The van der Waals surface area contributed by atoms with Gasteiger partial charge in [-0.05, 0) is 6.07 Å². The maximum absolute atomic E-state index is 12.6. The monoisotopic (exact) mass is 170 g/mol. The molecule has 1 aromatic heterocycles. The van der Waals surface area contributed by atoms with Crippen molar-refractivity contribution in [2.45, 2.75) is 0 Å². The van der Waals surface area contributed by atoms with Crippen LogP contribution in [0.15, 0.2) is 17.1 Å². The Kier molecular flexibility index (Phi) is 2.23. The van der Waals surface area contributed by atoms with Crippen molar-refractivity contribution in [2.75, 3.05) is 7.05 Å². The molecule has 0 fully saturated rings. The molecule has 0 aliphatic heterocycles. The van der Waals surface area contributed by atoms with Crippen molar-refractivity contribution in [1.82, 2.24) is 10.3 Å². The summed E-state index contributed by atoms with van der Waals surface area (Å²) >= 11 is 0. The van der Waals surface area contributed by atoms with Crippen LogP contribution in [0.5, 0.6) is 0 Å². The first-order valence-electron chi connectivity index (χ1n) is 3.25. The molecular weight excluding hydrogens is 163 g/mol. The minimum absolute atomic E-state index is 0.0922. The van der Waals surface area contributed by atoms with Crippen molar-refractivity contribution in [3.8, 4) is 0 Å². The van der Waals surface area contributed by atoms with Crippen LogP contribution in [0.1, 0.15) is 10.4 Å². The van der Waals surface area contributed by atoms with Gasteiger partial charge in [-0.1, -0.05) is 0 Å². The Hall–Kier alpha value is -1.65. The minimum Gasteiger partial charge on any atom is -0.355 e. The van der Waals surface area contributed by atoms with E-state index in [-0.39, 0.29) is 5.56 Å². The normalized spacial score (nSPS) is 9.50. The summed E-state index contributed by atoms with van der Waals surface area (Å²) in [5.41, 5.74) is -0.739. The van der Waals surface area contributed by atoms with Crippen molar-refractivity contribution in [3.63, 3.8) is 0 Å². The largest absolute Gasteiger partial charge is 0.355 e. The van der Waals surface area contributed by atoms with Crippen LogP contribution < -0.4 is 10.9 Å². The van der Waals surface area contributed by atoms with E-state index in [1.54, 1.807) is 0 Å². The summed E-state index contributed by atoms with van der Waals surface area (Å²) in [6.07, 6.45) is 1.16. The zero-order valence-electron chi connectivity index (χ0n) is 6.35. The molecule has 1 rings (SSSR count). The third kappa shape index (κ3) is 1.50. The van der Waals surface area contributed by atoms with Gasteiger partial charge >= 0.3 is 0 Å². The number of amides is 1. The molecule has 0 radical (unpaired) electrons. The molecule has 0 atom stereocenters. The summed E-state index contributed by atoms with van der Waals surface area (Å²) in [5.74, 6) is -1.40. The highest BCUT2D eigenvalue weighted by Gasteiger charge is 2.05. The second kappa shape index (κ2) is 3.17. The number of H-pyrrole nitrogens is 1. The van der Waals surface area contributed by atoms with E-state index < -0.39 is 17.3 Å². The van der Waals surface area contributed by atoms with E-state index in [0.717, 1.165) is 12.3 Å². The molecule has 4 nitrogen and oxygen atoms in total. The molecule has 0 bridgehead atoms. The number of nitrogens with one attached hydrogen (secondary N) is 2. The van der Waals surface area contributed by atoms with E-state index in [2.05, 4.69) is 10.3 Å². The second-order valence-corrected chi connectivity index (χ2v) is 2.14. The van der Waals surface area contributed by atoms with Crippen LogP contribution in [0, 0.1) is 5.82 Å². The predicted molar refractivity (Wildman–Crippen MR) is 40.4 cm³/mol. The lowest BCUT2D eigenvalue weighted by Crippen LogP contribution is -2.20. The number of halogens is 1. The Morgan fingerprint density at radius 3 is 2.83 bits per heavy atom. The highest BCUT2D eigenvalue weighted by atomic mass is 19.1. The summed E-state index contributed by atoms with van der Waals surface area (Å²) in [5, 5.41) is 2.30. The quantitative estimate of drug-likeness (QED) is 0.616. The molecular formula is C7H7FN2O2. The van der Waals surface area contributed by atoms with Crippen LogP contribution in [0.3, 0.4) is 0 Å². The first kappa shape index (κ1) is 8.45. The van der Waals surface area contributed by atoms with E-state index in [0.29, 0.717) is 0 Å².